The van der Waals surface area contributed by atoms with Gasteiger partial charge in [-0.1, -0.05) is 54.2 Å². The molecule has 1 N–H and O–H groups in total. The first-order valence-corrected chi connectivity index (χ1v) is 11.3. The number of benzene rings is 3. The summed E-state index contributed by atoms with van der Waals surface area (Å²) in [5.74, 6) is 2.02. The van der Waals surface area contributed by atoms with E-state index in [9.17, 15) is 4.79 Å². The van der Waals surface area contributed by atoms with E-state index in [1.807, 2.05) is 59.0 Å². The average Bonchev–Trinajstić information content (AvgIpc) is 3.50. The molecule has 0 fully saturated rings. The number of carbonyl (C=O) groups is 1. The van der Waals surface area contributed by atoms with Crippen molar-refractivity contribution in [3.05, 3.63) is 72.8 Å². The second-order valence-corrected chi connectivity index (χ2v) is 8.31. The van der Waals surface area contributed by atoms with Gasteiger partial charge >= 0.3 is 0 Å². The summed E-state index contributed by atoms with van der Waals surface area (Å²) in [5, 5.41) is 13.2. The van der Waals surface area contributed by atoms with Gasteiger partial charge in [-0.15, -0.1) is 10.2 Å². The highest BCUT2D eigenvalue weighted by molar-refractivity contribution is 7.99. The minimum absolute atomic E-state index is 0.161. The van der Waals surface area contributed by atoms with E-state index in [1.165, 1.54) is 11.8 Å². The van der Waals surface area contributed by atoms with Gasteiger partial charge < -0.3 is 14.8 Å². The summed E-state index contributed by atoms with van der Waals surface area (Å²) in [7, 11) is 0. The Hall–Kier alpha value is -4.11. The van der Waals surface area contributed by atoms with E-state index in [1.54, 1.807) is 18.2 Å². The number of para-hydroxylation sites is 1. The number of hydrogen-bond donors (Lipinski definition) is 1. The third kappa shape index (κ3) is 3.62. The van der Waals surface area contributed by atoms with Crippen LogP contribution in [-0.4, -0.2) is 38.0 Å². The van der Waals surface area contributed by atoms with Crippen LogP contribution in [0.3, 0.4) is 0 Å². The maximum Gasteiger partial charge on any atom is 0.234 e. The van der Waals surface area contributed by atoms with Crippen molar-refractivity contribution in [2.45, 2.75) is 5.16 Å². The van der Waals surface area contributed by atoms with E-state index >= 15 is 0 Å². The summed E-state index contributed by atoms with van der Waals surface area (Å²) in [5.41, 5.74) is 3.14. The van der Waals surface area contributed by atoms with Crippen molar-refractivity contribution in [1.29, 1.82) is 0 Å². The van der Waals surface area contributed by atoms with Crippen LogP contribution in [-0.2, 0) is 4.79 Å². The topological polar surface area (TPSA) is 90.6 Å². The van der Waals surface area contributed by atoms with Crippen LogP contribution in [0.5, 0.6) is 11.5 Å². The number of nitrogens with one attached hydrogen (secondary N) is 1. The SMILES string of the molecule is O=C(CSc1nnc2c3ccccc3nc(-c3ccccc3)n12)Nc1ccc2c(c1)OCO2. The molecular formula is C24H17N5O3S. The van der Waals surface area contributed by atoms with Crippen LogP contribution in [0.25, 0.3) is 27.9 Å². The number of fused-ring (bicyclic) bond motifs is 4. The third-order valence-corrected chi connectivity index (χ3v) is 6.17. The number of nitrogens with zero attached hydrogens (tertiary/aromatic N) is 4. The molecule has 2 aromatic heterocycles. The summed E-state index contributed by atoms with van der Waals surface area (Å²) in [6.45, 7) is 0.189. The maximum absolute atomic E-state index is 12.6. The summed E-state index contributed by atoms with van der Waals surface area (Å²) < 4.78 is 12.6. The molecule has 0 bridgehead atoms. The smallest absolute Gasteiger partial charge is 0.234 e. The largest absolute Gasteiger partial charge is 0.454 e. The van der Waals surface area contributed by atoms with Crippen LogP contribution in [0.1, 0.15) is 0 Å². The van der Waals surface area contributed by atoms with Gasteiger partial charge in [0.2, 0.25) is 12.7 Å². The van der Waals surface area contributed by atoms with Crippen molar-refractivity contribution in [2.75, 3.05) is 17.9 Å². The Morgan fingerprint density at radius 1 is 0.970 bits per heavy atom. The van der Waals surface area contributed by atoms with E-state index in [0.29, 0.717) is 28.0 Å². The number of ether oxygens (including phenoxy) is 2. The lowest BCUT2D eigenvalue weighted by Gasteiger charge is -2.10. The highest BCUT2D eigenvalue weighted by Crippen LogP contribution is 2.34. The van der Waals surface area contributed by atoms with Crippen LogP contribution < -0.4 is 14.8 Å². The lowest BCUT2D eigenvalue weighted by molar-refractivity contribution is -0.113. The highest BCUT2D eigenvalue weighted by atomic mass is 32.2. The molecule has 5 aromatic rings. The Morgan fingerprint density at radius 2 is 1.79 bits per heavy atom. The number of hydrogen-bond acceptors (Lipinski definition) is 7. The van der Waals surface area contributed by atoms with Crippen LogP contribution >= 0.6 is 11.8 Å². The molecule has 8 nitrogen and oxygen atoms in total. The molecule has 0 atom stereocenters. The summed E-state index contributed by atoms with van der Waals surface area (Å²) in [4.78, 5) is 17.5. The van der Waals surface area contributed by atoms with Crippen LogP contribution in [0.2, 0.25) is 0 Å². The monoisotopic (exact) mass is 455 g/mol. The lowest BCUT2D eigenvalue weighted by atomic mass is 10.2. The van der Waals surface area contributed by atoms with Crippen LogP contribution in [0.15, 0.2) is 78.0 Å². The first kappa shape index (κ1) is 19.6. The quantitative estimate of drug-likeness (QED) is 0.393. The molecule has 3 aromatic carbocycles. The fourth-order valence-electron chi connectivity index (χ4n) is 3.74. The van der Waals surface area contributed by atoms with E-state index in [4.69, 9.17) is 14.5 Å². The van der Waals surface area contributed by atoms with Gasteiger partial charge in [0.1, 0.15) is 5.82 Å². The lowest BCUT2D eigenvalue weighted by Crippen LogP contribution is -2.14. The van der Waals surface area contributed by atoms with E-state index in [-0.39, 0.29) is 18.5 Å². The molecule has 0 saturated carbocycles. The molecule has 0 spiro atoms. The normalized spacial score (nSPS) is 12.4. The zero-order chi connectivity index (χ0) is 22.2. The van der Waals surface area contributed by atoms with Crippen molar-refractivity contribution in [2.24, 2.45) is 0 Å². The van der Waals surface area contributed by atoms with E-state index in [2.05, 4.69) is 15.5 Å². The number of aromatic nitrogens is 4. The number of amides is 1. The highest BCUT2D eigenvalue weighted by Gasteiger charge is 2.18. The Balaban J connectivity index is 1.31. The van der Waals surface area contributed by atoms with Crippen molar-refractivity contribution < 1.29 is 14.3 Å². The summed E-state index contributed by atoms with van der Waals surface area (Å²) in [6.07, 6.45) is 0. The second-order valence-electron chi connectivity index (χ2n) is 7.37. The van der Waals surface area contributed by atoms with Gasteiger partial charge in [0.05, 0.1) is 11.3 Å². The molecule has 33 heavy (non-hydrogen) atoms. The molecule has 1 aliphatic heterocycles. The zero-order valence-corrected chi connectivity index (χ0v) is 18.1. The Kier molecular flexibility index (Phi) is 4.80. The Labute approximate surface area is 192 Å². The number of anilines is 1. The molecule has 0 radical (unpaired) electrons. The molecule has 0 aliphatic carbocycles. The fraction of sp³-hybridized carbons (Fsp3) is 0.0833. The minimum atomic E-state index is -0.161. The molecule has 1 amide bonds. The van der Waals surface area contributed by atoms with Gasteiger partial charge in [0.15, 0.2) is 22.3 Å². The van der Waals surface area contributed by atoms with Gasteiger partial charge in [0.25, 0.3) is 0 Å². The molecule has 0 unspecified atom stereocenters. The maximum atomic E-state index is 12.6. The molecule has 0 saturated heterocycles. The Morgan fingerprint density at radius 3 is 2.70 bits per heavy atom. The Bertz CT molecular complexity index is 1500. The molecule has 6 rings (SSSR count). The number of carbonyl (C=O) groups excluding carboxylic acids is 1. The van der Waals surface area contributed by atoms with Gasteiger partial charge in [0, 0.05) is 22.7 Å². The molecular weight excluding hydrogens is 438 g/mol. The first-order valence-electron chi connectivity index (χ1n) is 10.3. The standard InChI is InChI=1S/C24H17N5O3S/c30-21(25-16-10-11-19-20(12-16)32-14-31-19)13-33-24-28-27-23-17-8-4-5-9-18(17)26-22(29(23)24)15-6-2-1-3-7-15/h1-12H,13-14H2,(H,25,30). The van der Waals surface area contributed by atoms with Crippen molar-refractivity contribution in [3.8, 4) is 22.9 Å². The first-order chi connectivity index (χ1) is 16.3. The van der Waals surface area contributed by atoms with Gasteiger partial charge in [-0.3, -0.25) is 9.20 Å². The van der Waals surface area contributed by atoms with Crippen molar-refractivity contribution >= 4 is 39.9 Å². The average molecular weight is 455 g/mol. The van der Waals surface area contributed by atoms with Gasteiger partial charge in [-0.2, -0.15) is 0 Å². The summed E-state index contributed by atoms with van der Waals surface area (Å²) >= 11 is 1.31. The molecule has 162 valence electrons. The third-order valence-electron chi connectivity index (χ3n) is 5.24. The second kappa shape index (κ2) is 8.10. The van der Waals surface area contributed by atoms with E-state index < -0.39 is 0 Å². The minimum Gasteiger partial charge on any atom is -0.454 e. The van der Waals surface area contributed by atoms with Crippen LogP contribution in [0, 0.1) is 0 Å². The number of thioether (sulfide) groups is 1. The van der Waals surface area contributed by atoms with Crippen LogP contribution in [0.4, 0.5) is 5.69 Å². The molecule has 3 heterocycles. The molecule has 9 heteroatoms. The van der Waals surface area contributed by atoms with E-state index in [0.717, 1.165) is 22.3 Å². The molecule has 1 aliphatic rings. The predicted octanol–water partition coefficient (Wildman–Crippen LogP) is 4.40. The summed E-state index contributed by atoms with van der Waals surface area (Å²) in [6, 6.07) is 23.0. The zero-order valence-electron chi connectivity index (χ0n) is 17.3. The van der Waals surface area contributed by atoms with Gasteiger partial charge in [-0.25, -0.2) is 4.98 Å². The number of rotatable bonds is 5. The van der Waals surface area contributed by atoms with Crippen molar-refractivity contribution in [1.82, 2.24) is 19.6 Å². The van der Waals surface area contributed by atoms with Crippen molar-refractivity contribution in [3.63, 3.8) is 0 Å². The predicted molar refractivity (Wildman–Crippen MR) is 126 cm³/mol. The fourth-order valence-corrected chi connectivity index (χ4v) is 4.47. The van der Waals surface area contributed by atoms with Gasteiger partial charge in [-0.05, 0) is 24.3 Å².